The number of hydrogen-bond donors (Lipinski definition) is 2. The van der Waals surface area contributed by atoms with Crippen molar-refractivity contribution in [1.29, 1.82) is 0 Å². The van der Waals surface area contributed by atoms with Crippen LogP contribution in [0.1, 0.15) is 25.8 Å². The first kappa shape index (κ1) is 21.8. The number of fused-ring (bicyclic) bond motifs is 1. The number of carbonyl (C=O) groups excluding carboxylic acids is 2. The monoisotopic (exact) mass is 419 g/mol. The smallest absolute Gasteiger partial charge is 0.329 e. The summed E-state index contributed by atoms with van der Waals surface area (Å²) in [7, 11) is 0. The minimum atomic E-state index is -0.874. The zero-order chi connectivity index (χ0) is 22.1. The fourth-order valence-electron chi connectivity index (χ4n) is 2.94. The second kappa shape index (κ2) is 10.8. The summed E-state index contributed by atoms with van der Waals surface area (Å²) in [5.74, 6) is -0.341. The van der Waals surface area contributed by atoms with E-state index in [1.54, 1.807) is 24.3 Å². The highest BCUT2D eigenvalue weighted by molar-refractivity contribution is 6.39. The fraction of sp³-hybridized carbons (Fsp3) is 0.208. The first-order valence-electron chi connectivity index (χ1n) is 10.1. The number of anilines is 1. The van der Waals surface area contributed by atoms with Crippen LogP contribution in [0, 0.1) is 0 Å². The zero-order valence-electron chi connectivity index (χ0n) is 17.6. The van der Waals surface area contributed by atoms with Gasteiger partial charge in [0.25, 0.3) is 0 Å². The Labute approximate surface area is 181 Å². The molecule has 3 aromatic carbocycles. The molecule has 0 aliphatic carbocycles. The van der Waals surface area contributed by atoms with Crippen molar-refractivity contribution in [1.82, 2.24) is 5.43 Å². The molecule has 0 aromatic heterocycles. The summed E-state index contributed by atoms with van der Waals surface area (Å²) in [6.07, 6.45) is 2.39. The fourth-order valence-corrected chi connectivity index (χ4v) is 2.94. The molecule has 0 aliphatic rings. The van der Waals surface area contributed by atoms with Gasteiger partial charge in [-0.15, -0.1) is 0 Å². The van der Waals surface area contributed by atoms with E-state index in [1.807, 2.05) is 50.2 Å². The van der Waals surface area contributed by atoms with Crippen LogP contribution in [0.25, 0.3) is 10.8 Å². The van der Waals surface area contributed by atoms with Crippen molar-refractivity contribution < 1.29 is 19.1 Å². The van der Waals surface area contributed by atoms with E-state index >= 15 is 0 Å². The molecule has 7 nitrogen and oxygen atoms in total. The Morgan fingerprint density at radius 2 is 1.71 bits per heavy atom. The van der Waals surface area contributed by atoms with Crippen LogP contribution in [0.3, 0.4) is 0 Å². The number of benzene rings is 3. The van der Waals surface area contributed by atoms with Crippen LogP contribution in [0.5, 0.6) is 11.5 Å². The van der Waals surface area contributed by atoms with Gasteiger partial charge in [0.1, 0.15) is 11.5 Å². The second-order valence-corrected chi connectivity index (χ2v) is 6.66. The molecule has 0 atom stereocenters. The number of nitrogens with zero attached hydrogens (tertiary/aromatic N) is 1. The molecule has 7 heteroatoms. The molecule has 0 heterocycles. The van der Waals surface area contributed by atoms with Crippen molar-refractivity contribution in [3.8, 4) is 11.5 Å². The Morgan fingerprint density at radius 1 is 0.935 bits per heavy atom. The summed E-state index contributed by atoms with van der Waals surface area (Å²) in [5.41, 5.74) is 3.47. The van der Waals surface area contributed by atoms with Crippen molar-refractivity contribution in [2.45, 2.75) is 20.3 Å². The quantitative estimate of drug-likeness (QED) is 0.327. The topological polar surface area (TPSA) is 89.0 Å². The highest BCUT2D eigenvalue weighted by Crippen LogP contribution is 2.26. The largest absolute Gasteiger partial charge is 0.494 e. The number of ether oxygens (including phenoxy) is 2. The molecule has 0 aliphatic heterocycles. The summed E-state index contributed by atoms with van der Waals surface area (Å²) >= 11 is 0. The van der Waals surface area contributed by atoms with Gasteiger partial charge in [0.05, 0.1) is 19.4 Å². The molecule has 0 radical (unpaired) electrons. The molecule has 31 heavy (non-hydrogen) atoms. The highest BCUT2D eigenvalue weighted by Gasteiger charge is 2.13. The van der Waals surface area contributed by atoms with Crippen LogP contribution < -0.4 is 20.2 Å². The summed E-state index contributed by atoms with van der Waals surface area (Å²) in [6, 6.07) is 18.4. The van der Waals surface area contributed by atoms with E-state index < -0.39 is 11.8 Å². The highest BCUT2D eigenvalue weighted by atomic mass is 16.5. The van der Waals surface area contributed by atoms with Gasteiger partial charge in [0, 0.05) is 11.3 Å². The summed E-state index contributed by atoms with van der Waals surface area (Å²) in [6.45, 7) is 5.03. The lowest BCUT2D eigenvalue weighted by atomic mass is 10.0. The van der Waals surface area contributed by atoms with E-state index in [1.165, 1.54) is 6.21 Å². The maximum Gasteiger partial charge on any atom is 0.329 e. The lowest BCUT2D eigenvalue weighted by Crippen LogP contribution is -2.32. The van der Waals surface area contributed by atoms with Gasteiger partial charge in [-0.3, -0.25) is 9.59 Å². The third-order valence-electron chi connectivity index (χ3n) is 4.38. The Kier molecular flexibility index (Phi) is 7.59. The minimum Gasteiger partial charge on any atom is -0.494 e. The van der Waals surface area contributed by atoms with Crippen molar-refractivity contribution in [2.24, 2.45) is 5.10 Å². The van der Waals surface area contributed by atoms with Gasteiger partial charge >= 0.3 is 11.8 Å². The van der Waals surface area contributed by atoms with Crippen LogP contribution >= 0.6 is 0 Å². The molecule has 3 rings (SSSR count). The predicted octanol–water partition coefficient (Wildman–Crippen LogP) is 4.12. The van der Waals surface area contributed by atoms with Crippen molar-refractivity contribution in [2.75, 3.05) is 18.5 Å². The van der Waals surface area contributed by atoms with Gasteiger partial charge in [-0.05, 0) is 54.4 Å². The molecule has 160 valence electrons. The van der Waals surface area contributed by atoms with E-state index in [4.69, 9.17) is 9.47 Å². The minimum absolute atomic E-state index is 0.487. The molecule has 2 N–H and O–H groups in total. The normalized spacial score (nSPS) is 10.8. The molecule has 3 aromatic rings. The van der Waals surface area contributed by atoms with E-state index in [-0.39, 0.29) is 0 Å². The van der Waals surface area contributed by atoms with Crippen LogP contribution in [-0.4, -0.2) is 31.2 Å². The molecule has 0 spiro atoms. The number of amides is 2. The van der Waals surface area contributed by atoms with Crippen LogP contribution in [0.2, 0.25) is 0 Å². The average Bonchev–Trinajstić information content (AvgIpc) is 2.79. The third-order valence-corrected chi connectivity index (χ3v) is 4.38. The second-order valence-electron chi connectivity index (χ2n) is 6.66. The molecule has 0 unspecified atom stereocenters. The number of nitrogens with one attached hydrogen (secondary N) is 2. The summed E-state index contributed by atoms with van der Waals surface area (Å²) in [5, 5.41) is 8.44. The molecule has 0 saturated carbocycles. The zero-order valence-corrected chi connectivity index (χ0v) is 17.6. The van der Waals surface area contributed by atoms with Crippen LogP contribution in [0.4, 0.5) is 5.69 Å². The summed E-state index contributed by atoms with van der Waals surface area (Å²) in [4.78, 5) is 24.3. The van der Waals surface area contributed by atoms with E-state index in [2.05, 4.69) is 15.8 Å². The van der Waals surface area contributed by atoms with Crippen molar-refractivity contribution in [3.05, 3.63) is 66.2 Å². The first-order chi connectivity index (χ1) is 15.1. The molecular formula is C24H25N3O4. The molecule has 0 fully saturated rings. The molecule has 0 saturated heterocycles. The number of rotatable bonds is 8. The predicted molar refractivity (Wildman–Crippen MR) is 122 cm³/mol. The molecule has 2 amide bonds. The lowest BCUT2D eigenvalue weighted by molar-refractivity contribution is -0.136. The Hall–Kier alpha value is -3.87. The van der Waals surface area contributed by atoms with Crippen molar-refractivity contribution >= 4 is 34.5 Å². The van der Waals surface area contributed by atoms with E-state index in [9.17, 15) is 9.59 Å². The van der Waals surface area contributed by atoms with Crippen molar-refractivity contribution in [3.63, 3.8) is 0 Å². The van der Waals surface area contributed by atoms with Gasteiger partial charge < -0.3 is 14.8 Å². The van der Waals surface area contributed by atoms with E-state index in [0.717, 1.165) is 22.8 Å². The van der Waals surface area contributed by atoms with Gasteiger partial charge in [0.15, 0.2) is 0 Å². The number of carbonyl (C=O) groups is 2. The van der Waals surface area contributed by atoms with Crippen LogP contribution in [-0.2, 0) is 9.59 Å². The van der Waals surface area contributed by atoms with Gasteiger partial charge in [-0.2, -0.15) is 5.10 Å². The molecule has 0 bridgehead atoms. The van der Waals surface area contributed by atoms with Gasteiger partial charge in [0.2, 0.25) is 0 Å². The third kappa shape index (κ3) is 5.82. The maximum atomic E-state index is 12.1. The number of hydrazone groups is 1. The average molecular weight is 419 g/mol. The standard InChI is InChI=1S/C24H25N3O4/c1-3-15-31-19-12-10-18(11-13-19)26-23(28)24(29)27-25-16-21-20-8-6-5-7-17(20)9-14-22(21)30-4-2/h5-14,16H,3-4,15H2,1-2H3,(H,26,28)(H,27,29)/b25-16-. The SMILES string of the molecule is CCCOc1ccc(NC(=O)C(=O)N/N=C\c2c(OCC)ccc3ccccc23)cc1. The maximum absolute atomic E-state index is 12.1. The lowest BCUT2D eigenvalue weighted by Gasteiger charge is -2.10. The number of hydrogen-bond acceptors (Lipinski definition) is 5. The first-order valence-corrected chi connectivity index (χ1v) is 10.1. The summed E-state index contributed by atoms with van der Waals surface area (Å²) < 4.78 is 11.2. The Bertz CT molecular complexity index is 1080. The Morgan fingerprint density at radius 3 is 2.45 bits per heavy atom. The van der Waals surface area contributed by atoms with Gasteiger partial charge in [-0.25, -0.2) is 5.43 Å². The van der Waals surface area contributed by atoms with Gasteiger partial charge in [-0.1, -0.05) is 37.3 Å². The van der Waals surface area contributed by atoms with E-state index in [0.29, 0.717) is 30.4 Å². The van der Waals surface area contributed by atoms with Crippen LogP contribution in [0.15, 0.2) is 65.8 Å². The Balaban J connectivity index is 1.65. The molecular weight excluding hydrogens is 394 g/mol.